The van der Waals surface area contributed by atoms with Gasteiger partial charge in [-0.1, -0.05) is 22.0 Å². The molecule has 5 heteroatoms. The molecule has 2 rings (SSSR count). The molecule has 1 saturated carbocycles. The molecule has 3 nitrogen and oxygen atoms in total. The van der Waals surface area contributed by atoms with Gasteiger partial charge in [-0.2, -0.15) is 0 Å². The number of ether oxygens (including phenoxy) is 1. The molecule has 0 radical (unpaired) electrons. The van der Waals surface area contributed by atoms with Crippen molar-refractivity contribution in [1.82, 2.24) is 0 Å². The van der Waals surface area contributed by atoms with E-state index in [4.69, 9.17) is 9.84 Å². The molecule has 1 aliphatic rings. The summed E-state index contributed by atoms with van der Waals surface area (Å²) in [5.41, 5.74) is 1.03. The lowest BCUT2D eigenvalue weighted by Crippen LogP contribution is -2.12. The summed E-state index contributed by atoms with van der Waals surface area (Å²) in [6, 6.07) is 5.95. The molecule has 0 unspecified atom stereocenters. The van der Waals surface area contributed by atoms with E-state index in [1.54, 1.807) is 11.8 Å². The number of aliphatic hydroxyl groups excluding tert-OH is 1. The second-order valence-electron chi connectivity index (χ2n) is 4.95. The fourth-order valence-corrected chi connectivity index (χ4v) is 3.79. The number of aliphatic hydroxyl groups is 1. The fourth-order valence-electron chi connectivity index (χ4n) is 1.91. The zero-order valence-corrected chi connectivity index (χ0v) is 13.2. The Bertz CT molecular complexity index is 472. The third kappa shape index (κ3) is 3.97. The van der Waals surface area contributed by atoms with Crippen molar-refractivity contribution in [3.63, 3.8) is 0 Å². The van der Waals surface area contributed by atoms with E-state index in [2.05, 4.69) is 15.9 Å². The molecule has 0 aromatic heterocycles. The molecule has 104 valence electrons. The number of thioether (sulfide) groups is 1. The van der Waals surface area contributed by atoms with Gasteiger partial charge in [0.25, 0.3) is 0 Å². The van der Waals surface area contributed by atoms with Gasteiger partial charge in [0.1, 0.15) is 0 Å². The molecule has 0 saturated heterocycles. The largest absolute Gasteiger partial charge is 0.469 e. The van der Waals surface area contributed by atoms with Crippen molar-refractivity contribution in [2.45, 2.75) is 30.8 Å². The van der Waals surface area contributed by atoms with Crippen LogP contribution >= 0.6 is 27.7 Å². The fraction of sp³-hybridized carbons (Fsp3) is 0.500. The number of rotatable bonds is 6. The third-order valence-electron chi connectivity index (χ3n) is 3.44. The maximum absolute atomic E-state index is 11.3. The molecule has 1 aromatic rings. The monoisotopic (exact) mass is 344 g/mol. The summed E-state index contributed by atoms with van der Waals surface area (Å²) in [5.74, 6) is 0.822. The first kappa shape index (κ1) is 14.9. The highest BCUT2D eigenvalue weighted by molar-refractivity contribution is 9.10. The van der Waals surface area contributed by atoms with Crippen molar-refractivity contribution >= 4 is 33.7 Å². The summed E-state index contributed by atoms with van der Waals surface area (Å²) >= 11 is 5.20. The summed E-state index contributed by atoms with van der Waals surface area (Å²) in [6.45, 7) is 0.0395. The van der Waals surface area contributed by atoms with Crippen LogP contribution in [0.4, 0.5) is 0 Å². The Labute approximate surface area is 125 Å². The Kier molecular flexibility index (Phi) is 4.92. The topological polar surface area (TPSA) is 46.5 Å². The van der Waals surface area contributed by atoms with E-state index in [9.17, 15) is 4.79 Å². The van der Waals surface area contributed by atoms with Crippen LogP contribution in [-0.4, -0.2) is 23.9 Å². The minimum atomic E-state index is -0.116. The predicted molar refractivity (Wildman–Crippen MR) is 79.1 cm³/mol. The molecule has 1 aromatic carbocycles. The van der Waals surface area contributed by atoms with Gasteiger partial charge in [0.15, 0.2) is 0 Å². The third-order valence-corrected chi connectivity index (χ3v) is 5.53. The smallest absolute Gasteiger partial charge is 0.306 e. The first-order valence-corrected chi connectivity index (χ1v) is 7.95. The van der Waals surface area contributed by atoms with Gasteiger partial charge in [0, 0.05) is 15.1 Å². The Morgan fingerprint density at radius 1 is 1.53 bits per heavy atom. The summed E-state index contributed by atoms with van der Waals surface area (Å²) in [6.07, 6.45) is 2.72. The lowest BCUT2D eigenvalue weighted by molar-refractivity contribution is -0.141. The number of benzene rings is 1. The molecule has 1 N–H and O–H groups in total. The highest BCUT2D eigenvalue weighted by atomic mass is 79.9. The van der Waals surface area contributed by atoms with Gasteiger partial charge in [-0.25, -0.2) is 0 Å². The highest BCUT2D eigenvalue weighted by Crippen LogP contribution is 2.52. The number of methoxy groups -OCH3 is 1. The lowest BCUT2D eigenvalue weighted by Gasteiger charge is -2.13. The molecular formula is C14H17BrO3S. The SMILES string of the molecule is COC(=O)CC1(CSc2ccc(CO)c(Br)c2)CC1. The van der Waals surface area contributed by atoms with E-state index in [0.29, 0.717) is 6.42 Å². The molecule has 0 heterocycles. The van der Waals surface area contributed by atoms with Gasteiger partial charge in [-0.3, -0.25) is 4.79 Å². The van der Waals surface area contributed by atoms with Crippen molar-refractivity contribution < 1.29 is 14.6 Å². The zero-order valence-electron chi connectivity index (χ0n) is 10.8. The summed E-state index contributed by atoms with van der Waals surface area (Å²) in [5, 5.41) is 9.12. The first-order chi connectivity index (χ1) is 9.08. The second kappa shape index (κ2) is 6.29. The van der Waals surface area contributed by atoms with Crippen LogP contribution in [-0.2, 0) is 16.1 Å². The molecule has 0 spiro atoms. The van der Waals surface area contributed by atoms with Crippen LogP contribution in [0.1, 0.15) is 24.8 Å². The van der Waals surface area contributed by atoms with E-state index in [0.717, 1.165) is 33.5 Å². The van der Waals surface area contributed by atoms with Crippen LogP contribution in [0.3, 0.4) is 0 Å². The molecule has 1 fully saturated rings. The quantitative estimate of drug-likeness (QED) is 0.634. The number of esters is 1. The van der Waals surface area contributed by atoms with Crippen LogP contribution in [0.2, 0.25) is 0 Å². The minimum Gasteiger partial charge on any atom is -0.469 e. The van der Waals surface area contributed by atoms with E-state index >= 15 is 0 Å². The van der Waals surface area contributed by atoms with Crippen LogP contribution in [0.5, 0.6) is 0 Å². The summed E-state index contributed by atoms with van der Waals surface area (Å²) < 4.78 is 5.67. The van der Waals surface area contributed by atoms with E-state index in [1.807, 2.05) is 18.2 Å². The Morgan fingerprint density at radius 3 is 2.79 bits per heavy atom. The average molecular weight is 345 g/mol. The van der Waals surface area contributed by atoms with Crippen LogP contribution in [0.25, 0.3) is 0 Å². The van der Waals surface area contributed by atoms with Gasteiger partial charge in [-0.15, -0.1) is 11.8 Å². The van der Waals surface area contributed by atoms with Crippen LogP contribution in [0, 0.1) is 5.41 Å². The summed E-state index contributed by atoms with van der Waals surface area (Å²) in [4.78, 5) is 12.5. The Morgan fingerprint density at radius 2 is 2.26 bits per heavy atom. The number of hydrogen-bond donors (Lipinski definition) is 1. The van der Waals surface area contributed by atoms with Crippen LogP contribution < -0.4 is 0 Å². The first-order valence-electron chi connectivity index (χ1n) is 6.17. The molecule has 0 bridgehead atoms. The van der Waals surface area contributed by atoms with E-state index in [-0.39, 0.29) is 18.0 Å². The van der Waals surface area contributed by atoms with Crippen molar-refractivity contribution in [1.29, 1.82) is 0 Å². The van der Waals surface area contributed by atoms with E-state index < -0.39 is 0 Å². The number of carbonyl (C=O) groups excluding carboxylic acids is 1. The normalized spacial score (nSPS) is 16.2. The van der Waals surface area contributed by atoms with Gasteiger partial charge in [0.05, 0.1) is 20.1 Å². The second-order valence-corrected chi connectivity index (χ2v) is 6.86. The number of carbonyl (C=O) groups is 1. The molecular weight excluding hydrogens is 328 g/mol. The number of halogens is 1. The van der Waals surface area contributed by atoms with Crippen molar-refractivity contribution in [2.75, 3.05) is 12.9 Å². The Hall–Kier alpha value is -0.520. The van der Waals surface area contributed by atoms with Gasteiger partial charge in [-0.05, 0) is 36.0 Å². The average Bonchev–Trinajstić information content (AvgIpc) is 3.16. The molecule has 19 heavy (non-hydrogen) atoms. The maximum atomic E-state index is 11.3. The molecule has 0 atom stereocenters. The van der Waals surface area contributed by atoms with Crippen molar-refractivity contribution in [2.24, 2.45) is 5.41 Å². The highest BCUT2D eigenvalue weighted by Gasteiger charge is 2.44. The zero-order chi connectivity index (χ0) is 13.9. The van der Waals surface area contributed by atoms with Gasteiger partial charge < -0.3 is 9.84 Å². The minimum absolute atomic E-state index is 0.0395. The molecule has 1 aliphatic carbocycles. The maximum Gasteiger partial charge on any atom is 0.306 e. The molecule has 0 aliphatic heterocycles. The predicted octanol–water partition coefficient (Wildman–Crippen LogP) is 3.38. The molecule has 0 amide bonds. The summed E-state index contributed by atoms with van der Waals surface area (Å²) in [7, 11) is 1.44. The standard InChI is InChI=1S/C14H17BrO3S/c1-18-13(17)7-14(4-5-14)9-19-11-3-2-10(8-16)12(15)6-11/h2-3,6,16H,4-5,7-9H2,1H3. The number of hydrogen-bond acceptors (Lipinski definition) is 4. The van der Waals surface area contributed by atoms with Gasteiger partial charge >= 0.3 is 5.97 Å². The Balaban J connectivity index is 1.92. The van der Waals surface area contributed by atoms with E-state index in [1.165, 1.54) is 7.11 Å². The van der Waals surface area contributed by atoms with Gasteiger partial charge in [0.2, 0.25) is 0 Å². The van der Waals surface area contributed by atoms with Crippen molar-refractivity contribution in [3.8, 4) is 0 Å². The van der Waals surface area contributed by atoms with Crippen LogP contribution in [0.15, 0.2) is 27.6 Å². The van der Waals surface area contributed by atoms with Crippen molar-refractivity contribution in [3.05, 3.63) is 28.2 Å². The lowest BCUT2D eigenvalue weighted by atomic mass is 10.1.